The van der Waals surface area contributed by atoms with E-state index in [1.807, 2.05) is 31.1 Å². The molecule has 1 amide bonds. The summed E-state index contributed by atoms with van der Waals surface area (Å²) in [6, 6.07) is 3.85. The predicted octanol–water partition coefficient (Wildman–Crippen LogP) is 2.52. The average molecular weight is 259 g/mol. The van der Waals surface area contributed by atoms with Crippen LogP contribution in [0.4, 0.5) is 11.5 Å². The SMILES string of the molecule is CN(C)c1ccc(NC(=O)C2CC3CCC2C3)cn1. The van der Waals surface area contributed by atoms with Crippen LogP contribution in [-0.4, -0.2) is 25.0 Å². The third-order valence-electron chi connectivity index (χ3n) is 4.55. The van der Waals surface area contributed by atoms with Crippen molar-refractivity contribution >= 4 is 17.4 Å². The van der Waals surface area contributed by atoms with Crippen LogP contribution in [0.3, 0.4) is 0 Å². The van der Waals surface area contributed by atoms with Crippen LogP contribution in [-0.2, 0) is 4.79 Å². The summed E-state index contributed by atoms with van der Waals surface area (Å²) < 4.78 is 0. The number of carbonyl (C=O) groups excluding carboxylic acids is 1. The van der Waals surface area contributed by atoms with Crippen LogP contribution >= 0.6 is 0 Å². The number of pyridine rings is 1. The zero-order chi connectivity index (χ0) is 13.4. The van der Waals surface area contributed by atoms with Crippen LogP contribution in [0.5, 0.6) is 0 Å². The Balaban J connectivity index is 1.63. The average Bonchev–Trinajstić information content (AvgIpc) is 3.01. The first-order valence-electron chi connectivity index (χ1n) is 7.07. The summed E-state index contributed by atoms with van der Waals surface area (Å²) in [5, 5.41) is 3.01. The lowest BCUT2D eigenvalue weighted by Crippen LogP contribution is -2.27. The van der Waals surface area contributed by atoms with Crippen molar-refractivity contribution in [2.45, 2.75) is 25.7 Å². The lowest BCUT2D eigenvalue weighted by molar-refractivity contribution is -0.121. The van der Waals surface area contributed by atoms with Crippen molar-refractivity contribution in [2.75, 3.05) is 24.3 Å². The molecule has 2 bridgehead atoms. The second-order valence-corrected chi connectivity index (χ2v) is 6.07. The fourth-order valence-corrected chi connectivity index (χ4v) is 3.53. The van der Waals surface area contributed by atoms with Crippen LogP contribution in [0, 0.1) is 17.8 Å². The number of carbonyl (C=O) groups is 1. The van der Waals surface area contributed by atoms with E-state index in [-0.39, 0.29) is 11.8 Å². The highest BCUT2D eigenvalue weighted by molar-refractivity contribution is 5.93. The van der Waals surface area contributed by atoms with Gasteiger partial charge in [0, 0.05) is 20.0 Å². The molecule has 0 spiro atoms. The maximum atomic E-state index is 12.3. The van der Waals surface area contributed by atoms with Crippen LogP contribution in [0.25, 0.3) is 0 Å². The molecule has 1 heterocycles. The van der Waals surface area contributed by atoms with Crippen molar-refractivity contribution in [3.05, 3.63) is 18.3 Å². The maximum absolute atomic E-state index is 12.3. The van der Waals surface area contributed by atoms with Gasteiger partial charge in [-0.3, -0.25) is 4.79 Å². The van der Waals surface area contributed by atoms with Gasteiger partial charge >= 0.3 is 0 Å². The highest BCUT2D eigenvalue weighted by Gasteiger charge is 2.42. The first-order chi connectivity index (χ1) is 9.13. The lowest BCUT2D eigenvalue weighted by atomic mass is 9.88. The molecule has 19 heavy (non-hydrogen) atoms. The predicted molar refractivity (Wildman–Crippen MR) is 76.1 cm³/mol. The number of anilines is 2. The molecule has 3 atom stereocenters. The number of fused-ring (bicyclic) bond motifs is 2. The molecule has 2 saturated carbocycles. The molecule has 2 fully saturated rings. The first-order valence-corrected chi connectivity index (χ1v) is 7.07. The highest BCUT2D eigenvalue weighted by Crippen LogP contribution is 2.48. The zero-order valence-corrected chi connectivity index (χ0v) is 11.6. The number of aromatic nitrogens is 1. The van der Waals surface area contributed by atoms with Gasteiger partial charge in [-0.05, 0) is 43.2 Å². The standard InChI is InChI=1S/C15H21N3O/c1-18(2)14-6-5-12(9-16-14)17-15(19)13-8-10-3-4-11(13)7-10/h5-6,9-11,13H,3-4,7-8H2,1-2H3,(H,17,19). The van der Waals surface area contributed by atoms with Crippen LogP contribution < -0.4 is 10.2 Å². The minimum Gasteiger partial charge on any atom is -0.363 e. The summed E-state index contributed by atoms with van der Waals surface area (Å²) in [7, 11) is 3.91. The fourth-order valence-electron chi connectivity index (χ4n) is 3.53. The summed E-state index contributed by atoms with van der Waals surface area (Å²) in [5.41, 5.74) is 0.804. The fraction of sp³-hybridized carbons (Fsp3) is 0.600. The smallest absolute Gasteiger partial charge is 0.227 e. The largest absolute Gasteiger partial charge is 0.363 e. The Morgan fingerprint density at radius 2 is 2.16 bits per heavy atom. The van der Waals surface area contributed by atoms with Gasteiger partial charge < -0.3 is 10.2 Å². The minimum absolute atomic E-state index is 0.187. The van der Waals surface area contributed by atoms with Crippen LogP contribution in [0.15, 0.2) is 18.3 Å². The van der Waals surface area contributed by atoms with Gasteiger partial charge in [-0.2, -0.15) is 0 Å². The van der Waals surface area contributed by atoms with E-state index in [9.17, 15) is 4.79 Å². The maximum Gasteiger partial charge on any atom is 0.227 e. The molecular weight excluding hydrogens is 238 g/mol. The van der Waals surface area contributed by atoms with Gasteiger partial charge in [0.1, 0.15) is 5.82 Å². The number of rotatable bonds is 3. The van der Waals surface area contributed by atoms with E-state index in [2.05, 4.69) is 10.3 Å². The minimum atomic E-state index is 0.187. The van der Waals surface area contributed by atoms with Crippen LogP contribution in [0.2, 0.25) is 0 Å². The van der Waals surface area contributed by atoms with E-state index in [1.165, 1.54) is 19.3 Å². The molecule has 0 radical (unpaired) electrons. The molecule has 102 valence electrons. The van der Waals surface area contributed by atoms with E-state index in [1.54, 1.807) is 6.20 Å². The van der Waals surface area contributed by atoms with Crippen molar-refractivity contribution in [3.8, 4) is 0 Å². The molecule has 0 aromatic carbocycles. The van der Waals surface area contributed by atoms with Gasteiger partial charge in [-0.1, -0.05) is 6.42 Å². The molecule has 1 N–H and O–H groups in total. The van der Waals surface area contributed by atoms with Gasteiger partial charge in [0.2, 0.25) is 5.91 Å². The van der Waals surface area contributed by atoms with E-state index < -0.39 is 0 Å². The van der Waals surface area contributed by atoms with Gasteiger partial charge in [0.25, 0.3) is 0 Å². The Labute approximate surface area is 114 Å². The second kappa shape index (κ2) is 4.83. The Kier molecular flexibility index (Phi) is 3.17. The Morgan fingerprint density at radius 3 is 2.68 bits per heavy atom. The molecule has 2 aliphatic carbocycles. The molecule has 1 aromatic rings. The molecule has 1 aromatic heterocycles. The highest BCUT2D eigenvalue weighted by atomic mass is 16.1. The molecule has 3 rings (SSSR count). The molecular formula is C15H21N3O. The third kappa shape index (κ3) is 2.44. The van der Waals surface area contributed by atoms with Gasteiger partial charge in [-0.25, -0.2) is 4.98 Å². The second-order valence-electron chi connectivity index (χ2n) is 6.07. The summed E-state index contributed by atoms with van der Waals surface area (Å²) in [6.07, 6.45) is 6.64. The Morgan fingerprint density at radius 1 is 1.32 bits per heavy atom. The topological polar surface area (TPSA) is 45.2 Å². The third-order valence-corrected chi connectivity index (χ3v) is 4.55. The summed E-state index contributed by atoms with van der Waals surface area (Å²) >= 11 is 0. The molecule has 0 saturated heterocycles. The zero-order valence-electron chi connectivity index (χ0n) is 11.6. The van der Waals surface area contributed by atoms with E-state index >= 15 is 0 Å². The lowest BCUT2D eigenvalue weighted by Gasteiger charge is -2.20. The molecule has 4 heteroatoms. The quantitative estimate of drug-likeness (QED) is 0.907. The number of nitrogens with zero attached hydrogens (tertiary/aromatic N) is 2. The monoisotopic (exact) mass is 259 g/mol. The van der Waals surface area contributed by atoms with Crippen molar-refractivity contribution in [1.82, 2.24) is 4.98 Å². The molecule has 3 unspecified atom stereocenters. The van der Waals surface area contributed by atoms with Crippen molar-refractivity contribution in [3.63, 3.8) is 0 Å². The Hall–Kier alpha value is -1.58. The summed E-state index contributed by atoms with van der Waals surface area (Å²) in [5.74, 6) is 2.74. The number of amides is 1. The van der Waals surface area contributed by atoms with E-state index in [0.717, 1.165) is 23.8 Å². The van der Waals surface area contributed by atoms with Gasteiger partial charge in [0.05, 0.1) is 11.9 Å². The molecule has 2 aliphatic rings. The molecule has 0 aliphatic heterocycles. The van der Waals surface area contributed by atoms with Gasteiger partial charge in [0.15, 0.2) is 0 Å². The molecule has 4 nitrogen and oxygen atoms in total. The van der Waals surface area contributed by atoms with Crippen molar-refractivity contribution in [2.24, 2.45) is 17.8 Å². The summed E-state index contributed by atoms with van der Waals surface area (Å²) in [4.78, 5) is 18.5. The number of hydrogen-bond acceptors (Lipinski definition) is 3. The number of nitrogens with one attached hydrogen (secondary N) is 1. The first kappa shape index (κ1) is 12.5. The van der Waals surface area contributed by atoms with Crippen molar-refractivity contribution < 1.29 is 4.79 Å². The number of hydrogen-bond donors (Lipinski definition) is 1. The van der Waals surface area contributed by atoms with E-state index in [0.29, 0.717) is 5.92 Å². The van der Waals surface area contributed by atoms with Crippen molar-refractivity contribution in [1.29, 1.82) is 0 Å². The van der Waals surface area contributed by atoms with E-state index in [4.69, 9.17) is 0 Å². The summed E-state index contributed by atoms with van der Waals surface area (Å²) in [6.45, 7) is 0. The van der Waals surface area contributed by atoms with Crippen LogP contribution in [0.1, 0.15) is 25.7 Å². The normalized spacial score (nSPS) is 28.4. The Bertz CT molecular complexity index is 469. The van der Waals surface area contributed by atoms with Gasteiger partial charge in [-0.15, -0.1) is 0 Å².